The van der Waals surface area contributed by atoms with Crippen LogP contribution in [0.2, 0.25) is 0 Å². The molecule has 6 heteroatoms. The summed E-state index contributed by atoms with van der Waals surface area (Å²) in [6.45, 7) is 8.22. The number of aliphatic imine (C=N–C) groups is 1. The molecular formula is C22H31N3O3. The predicted octanol–water partition coefficient (Wildman–Crippen LogP) is 3.19. The first kappa shape index (κ1) is 21.6. The fourth-order valence-corrected chi connectivity index (χ4v) is 2.73. The summed E-state index contributed by atoms with van der Waals surface area (Å²) < 4.78 is 10.9. The van der Waals surface area contributed by atoms with Crippen LogP contribution in [0.3, 0.4) is 0 Å². The van der Waals surface area contributed by atoms with Gasteiger partial charge in [0.2, 0.25) is 0 Å². The molecule has 0 aliphatic heterocycles. The number of aliphatic hydroxyl groups is 1. The van der Waals surface area contributed by atoms with Gasteiger partial charge in [0.05, 0.1) is 26.4 Å². The van der Waals surface area contributed by atoms with Crippen LogP contribution in [0, 0.1) is 6.92 Å². The van der Waals surface area contributed by atoms with E-state index in [2.05, 4.69) is 21.7 Å². The first-order valence-electron chi connectivity index (χ1n) is 9.63. The second-order valence-corrected chi connectivity index (χ2v) is 6.41. The first-order valence-corrected chi connectivity index (χ1v) is 9.63. The third-order valence-electron chi connectivity index (χ3n) is 4.24. The van der Waals surface area contributed by atoms with Crippen LogP contribution < -0.4 is 20.1 Å². The van der Waals surface area contributed by atoms with Crippen molar-refractivity contribution in [1.29, 1.82) is 0 Å². The minimum Gasteiger partial charge on any atom is -0.497 e. The van der Waals surface area contributed by atoms with Crippen LogP contribution in [0.4, 0.5) is 0 Å². The summed E-state index contributed by atoms with van der Waals surface area (Å²) >= 11 is 0. The van der Waals surface area contributed by atoms with E-state index in [1.165, 1.54) is 0 Å². The van der Waals surface area contributed by atoms with Crippen molar-refractivity contribution in [1.82, 2.24) is 10.6 Å². The molecule has 2 rings (SSSR count). The maximum Gasteiger partial charge on any atom is 0.191 e. The molecule has 0 aromatic heterocycles. The number of aliphatic hydroxyl groups excluding tert-OH is 1. The average Bonchev–Trinajstić information content (AvgIpc) is 2.71. The van der Waals surface area contributed by atoms with Gasteiger partial charge >= 0.3 is 0 Å². The second-order valence-electron chi connectivity index (χ2n) is 6.41. The lowest BCUT2D eigenvalue weighted by atomic mass is 10.1. The van der Waals surface area contributed by atoms with Crippen LogP contribution >= 0.6 is 0 Å². The number of benzene rings is 2. The smallest absolute Gasteiger partial charge is 0.191 e. The van der Waals surface area contributed by atoms with Crippen LogP contribution in [-0.4, -0.2) is 37.9 Å². The number of ether oxygens (including phenoxy) is 2. The van der Waals surface area contributed by atoms with E-state index in [-0.39, 0.29) is 0 Å². The lowest BCUT2D eigenvalue weighted by Crippen LogP contribution is -2.39. The Labute approximate surface area is 167 Å². The molecule has 2 aromatic rings. The van der Waals surface area contributed by atoms with E-state index in [0.29, 0.717) is 25.7 Å². The van der Waals surface area contributed by atoms with Gasteiger partial charge in [0.1, 0.15) is 11.5 Å². The molecule has 1 atom stereocenters. The Bertz CT molecular complexity index is 760. The standard InChI is InChI=1S/C22H31N3O3/c1-5-23-22(24-14-18-8-7-16(3)13-21(18)28-6-2)25-15-20(26)17-9-11-19(27-4)12-10-17/h7-13,20,26H,5-6,14-15H2,1-4H3,(H2,23,24,25). The van der Waals surface area contributed by atoms with Crippen LogP contribution in [0.15, 0.2) is 47.5 Å². The van der Waals surface area contributed by atoms with Crippen molar-refractivity contribution in [2.45, 2.75) is 33.4 Å². The van der Waals surface area contributed by atoms with E-state index in [9.17, 15) is 5.11 Å². The SMILES string of the molecule is CCNC(=NCc1ccc(C)cc1OCC)NCC(O)c1ccc(OC)cc1. The quantitative estimate of drug-likeness (QED) is 0.457. The molecule has 0 fully saturated rings. The lowest BCUT2D eigenvalue weighted by molar-refractivity contribution is 0.180. The highest BCUT2D eigenvalue weighted by Gasteiger charge is 2.09. The number of nitrogens with one attached hydrogen (secondary N) is 2. The van der Waals surface area contributed by atoms with Gasteiger partial charge in [-0.3, -0.25) is 0 Å². The van der Waals surface area contributed by atoms with Gasteiger partial charge in [-0.15, -0.1) is 0 Å². The molecule has 0 saturated carbocycles. The fraction of sp³-hybridized carbons (Fsp3) is 0.409. The maximum atomic E-state index is 10.4. The number of methoxy groups -OCH3 is 1. The monoisotopic (exact) mass is 385 g/mol. The van der Waals surface area contributed by atoms with E-state index in [4.69, 9.17) is 9.47 Å². The summed E-state index contributed by atoms with van der Waals surface area (Å²) in [7, 11) is 1.62. The first-order chi connectivity index (χ1) is 13.6. The largest absolute Gasteiger partial charge is 0.497 e. The molecule has 1 unspecified atom stereocenters. The topological polar surface area (TPSA) is 75.1 Å². The third kappa shape index (κ3) is 6.46. The minimum atomic E-state index is -0.645. The molecule has 152 valence electrons. The van der Waals surface area contributed by atoms with Gasteiger partial charge in [0.15, 0.2) is 5.96 Å². The Morgan fingerprint density at radius 1 is 1.11 bits per heavy atom. The van der Waals surface area contributed by atoms with E-state index in [0.717, 1.165) is 34.7 Å². The molecule has 0 radical (unpaired) electrons. The average molecular weight is 386 g/mol. The molecule has 0 aliphatic carbocycles. The Morgan fingerprint density at radius 3 is 2.50 bits per heavy atom. The summed E-state index contributed by atoms with van der Waals surface area (Å²) in [5, 5.41) is 16.8. The van der Waals surface area contributed by atoms with Crippen molar-refractivity contribution >= 4 is 5.96 Å². The third-order valence-corrected chi connectivity index (χ3v) is 4.24. The zero-order valence-corrected chi connectivity index (χ0v) is 17.2. The Balaban J connectivity index is 2.01. The molecule has 28 heavy (non-hydrogen) atoms. The highest BCUT2D eigenvalue weighted by Crippen LogP contribution is 2.21. The number of hydrogen-bond acceptors (Lipinski definition) is 4. The van der Waals surface area contributed by atoms with Crippen molar-refractivity contribution in [3.8, 4) is 11.5 Å². The van der Waals surface area contributed by atoms with Gasteiger partial charge in [0, 0.05) is 18.7 Å². The predicted molar refractivity (Wildman–Crippen MR) is 113 cm³/mol. The zero-order valence-electron chi connectivity index (χ0n) is 17.2. The summed E-state index contributed by atoms with van der Waals surface area (Å²) in [6, 6.07) is 13.5. The summed E-state index contributed by atoms with van der Waals surface area (Å²) in [4.78, 5) is 4.63. The highest BCUT2D eigenvalue weighted by molar-refractivity contribution is 5.79. The zero-order chi connectivity index (χ0) is 20.4. The minimum absolute atomic E-state index is 0.352. The number of aryl methyl sites for hydroxylation is 1. The Morgan fingerprint density at radius 2 is 1.86 bits per heavy atom. The van der Waals surface area contributed by atoms with Gasteiger partial charge in [0.25, 0.3) is 0 Å². The lowest BCUT2D eigenvalue weighted by Gasteiger charge is -2.16. The molecular weight excluding hydrogens is 354 g/mol. The van der Waals surface area contributed by atoms with Crippen LogP contribution in [-0.2, 0) is 6.54 Å². The van der Waals surface area contributed by atoms with E-state index >= 15 is 0 Å². The van der Waals surface area contributed by atoms with Gasteiger partial charge in [-0.2, -0.15) is 0 Å². The molecule has 0 spiro atoms. The van der Waals surface area contributed by atoms with Crippen molar-refractivity contribution < 1.29 is 14.6 Å². The molecule has 0 saturated heterocycles. The van der Waals surface area contributed by atoms with Crippen molar-refractivity contribution in [3.63, 3.8) is 0 Å². The Hall–Kier alpha value is -2.73. The number of hydrogen-bond donors (Lipinski definition) is 3. The molecule has 6 nitrogen and oxygen atoms in total. The molecule has 0 heterocycles. The van der Waals surface area contributed by atoms with Gasteiger partial charge < -0.3 is 25.2 Å². The molecule has 0 bridgehead atoms. The van der Waals surface area contributed by atoms with Crippen LogP contribution in [0.5, 0.6) is 11.5 Å². The van der Waals surface area contributed by atoms with Gasteiger partial charge in [-0.1, -0.05) is 24.3 Å². The summed E-state index contributed by atoms with van der Waals surface area (Å²) in [5.74, 6) is 2.28. The van der Waals surface area contributed by atoms with Crippen molar-refractivity contribution in [2.24, 2.45) is 4.99 Å². The number of nitrogens with zero attached hydrogens (tertiary/aromatic N) is 1. The van der Waals surface area contributed by atoms with Crippen LogP contribution in [0.1, 0.15) is 36.6 Å². The summed E-state index contributed by atoms with van der Waals surface area (Å²) in [6.07, 6.45) is -0.645. The number of rotatable bonds is 9. The van der Waals surface area contributed by atoms with E-state index in [1.54, 1.807) is 7.11 Å². The molecule has 2 aromatic carbocycles. The highest BCUT2D eigenvalue weighted by atomic mass is 16.5. The number of guanidine groups is 1. The van der Waals surface area contributed by atoms with Crippen molar-refractivity contribution in [2.75, 3.05) is 26.8 Å². The van der Waals surface area contributed by atoms with Gasteiger partial charge in [-0.05, 0) is 50.1 Å². The van der Waals surface area contributed by atoms with Crippen LogP contribution in [0.25, 0.3) is 0 Å². The Kier molecular flexibility index (Phi) is 8.62. The normalized spacial score (nSPS) is 12.4. The maximum absolute atomic E-state index is 10.4. The molecule has 3 N–H and O–H groups in total. The fourth-order valence-electron chi connectivity index (χ4n) is 2.73. The van der Waals surface area contributed by atoms with E-state index < -0.39 is 6.10 Å². The van der Waals surface area contributed by atoms with E-state index in [1.807, 2.05) is 57.2 Å². The summed E-state index contributed by atoms with van der Waals surface area (Å²) in [5.41, 5.74) is 3.01. The second kappa shape index (κ2) is 11.2. The molecule has 0 aliphatic rings. The molecule has 0 amide bonds. The van der Waals surface area contributed by atoms with Gasteiger partial charge in [-0.25, -0.2) is 4.99 Å². The van der Waals surface area contributed by atoms with Crippen molar-refractivity contribution in [3.05, 3.63) is 59.2 Å².